The maximum Gasteiger partial charge on any atom is 0.409 e. The minimum atomic E-state index is -0.342. The van der Waals surface area contributed by atoms with Crippen LogP contribution in [0.5, 0.6) is 0 Å². The fourth-order valence-corrected chi connectivity index (χ4v) is 4.66. The first-order valence-corrected chi connectivity index (χ1v) is 9.20. The van der Waals surface area contributed by atoms with E-state index in [9.17, 15) is 9.59 Å². The van der Waals surface area contributed by atoms with Gasteiger partial charge in [-0.05, 0) is 43.9 Å². The molecule has 1 amide bonds. The molecule has 130 valence electrons. The van der Waals surface area contributed by atoms with Crippen LogP contribution in [-0.2, 0) is 14.3 Å². The molecule has 0 radical (unpaired) electrons. The molecule has 3 fully saturated rings. The summed E-state index contributed by atoms with van der Waals surface area (Å²) in [7, 11) is 1.38. The molecule has 0 spiro atoms. The van der Waals surface area contributed by atoms with Gasteiger partial charge in [0.1, 0.15) is 6.10 Å². The summed E-state index contributed by atoms with van der Waals surface area (Å²) in [5.74, 6) is 1.32. The Morgan fingerprint density at radius 2 is 1.74 bits per heavy atom. The van der Waals surface area contributed by atoms with E-state index in [1.807, 2.05) is 0 Å². The molecular weight excluding hydrogens is 294 g/mol. The maximum atomic E-state index is 12.5. The molecule has 0 unspecified atom stereocenters. The highest BCUT2D eigenvalue weighted by molar-refractivity contribution is 5.75. The topological polar surface area (TPSA) is 55.8 Å². The molecular formula is C18H29NO4. The van der Waals surface area contributed by atoms with Crippen molar-refractivity contribution in [3.63, 3.8) is 0 Å². The summed E-state index contributed by atoms with van der Waals surface area (Å²) in [6.45, 7) is 1.11. The quantitative estimate of drug-likeness (QED) is 0.731. The number of carbonyl (C=O) groups is 2. The summed E-state index contributed by atoms with van der Waals surface area (Å²) in [4.78, 5) is 25.7. The molecule has 0 aromatic heterocycles. The van der Waals surface area contributed by atoms with Crippen LogP contribution in [0, 0.1) is 17.8 Å². The monoisotopic (exact) mass is 323 g/mol. The second kappa shape index (κ2) is 7.54. The standard InChI is InChI=1S/C18H29NO4/c1-22-18(21)19-10-4-7-15(12-19)17(20)23-16-9-8-13-5-2-3-6-14(13)11-16/h13-16H,2-12H2,1H3/t13-,14+,15-,16+/m0/s1. The fourth-order valence-electron chi connectivity index (χ4n) is 4.66. The first kappa shape index (κ1) is 16.6. The van der Waals surface area contributed by atoms with E-state index in [4.69, 9.17) is 9.47 Å². The summed E-state index contributed by atoms with van der Waals surface area (Å²) < 4.78 is 10.6. The van der Waals surface area contributed by atoms with Gasteiger partial charge in [0.2, 0.25) is 0 Å². The Morgan fingerprint density at radius 3 is 2.52 bits per heavy atom. The molecule has 1 aliphatic heterocycles. The van der Waals surface area contributed by atoms with Crippen molar-refractivity contribution in [3.8, 4) is 0 Å². The van der Waals surface area contributed by atoms with Crippen molar-refractivity contribution in [3.05, 3.63) is 0 Å². The van der Waals surface area contributed by atoms with Gasteiger partial charge >= 0.3 is 12.1 Å². The summed E-state index contributed by atoms with van der Waals surface area (Å²) in [5, 5.41) is 0. The number of methoxy groups -OCH3 is 1. The third-order valence-electron chi connectivity index (χ3n) is 5.96. The molecule has 5 nitrogen and oxygen atoms in total. The minimum Gasteiger partial charge on any atom is -0.462 e. The zero-order valence-corrected chi connectivity index (χ0v) is 14.2. The molecule has 3 aliphatic rings. The first-order valence-electron chi connectivity index (χ1n) is 9.20. The number of hydrogen-bond acceptors (Lipinski definition) is 4. The van der Waals surface area contributed by atoms with E-state index in [0.717, 1.165) is 37.5 Å². The SMILES string of the molecule is COC(=O)N1CCC[C@H](C(=O)O[C@@H]2CC[C@@H]3CCCC[C@@H]3C2)C1. The Labute approximate surface area is 138 Å². The second-order valence-corrected chi connectivity index (χ2v) is 7.43. The zero-order chi connectivity index (χ0) is 16.2. The number of amides is 1. The lowest BCUT2D eigenvalue weighted by molar-refractivity contribution is -0.159. The van der Waals surface area contributed by atoms with E-state index >= 15 is 0 Å². The van der Waals surface area contributed by atoms with E-state index in [2.05, 4.69) is 0 Å². The predicted molar refractivity (Wildman–Crippen MR) is 85.9 cm³/mol. The molecule has 0 aromatic carbocycles. The summed E-state index contributed by atoms with van der Waals surface area (Å²) in [6.07, 6.45) is 10.0. The van der Waals surface area contributed by atoms with Crippen molar-refractivity contribution in [2.45, 2.75) is 63.9 Å². The Kier molecular flexibility index (Phi) is 5.44. The molecule has 3 rings (SSSR count). The van der Waals surface area contributed by atoms with Gasteiger partial charge in [-0.15, -0.1) is 0 Å². The van der Waals surface area contributed by atoms with Crippen molar-refractivity contribution in [2.24, 2.45) is 17.8 Å². The summed E-state index contributed by atoms with van der Waals surface area (Å²) in [6, 6.07) is 0. The lowest BCUT2D eigenvalue weighted by Crippen LogP contribution is -2.43. The highest BCUT2D eigenvalue weighted by Crippen LogP contribution is 2.41. The Hall–Kier alpha value is -1.26. The van der Waals surface area contributed by atoms with Crippen molar-refractivity contribution in [1.29, 1.82) is 0 Å². The van der Waals surface area contributed by atoms with Crippen LogP contribution in [-0.4, -0.2) is 43.3 Å². The number of esters is 1. The molecule has 5 heteroatoms. The van der Waals surface area contributed by atoms with Crippen LogP contribution in [0.1, 0.15) is 57.8 Å². The number of rotatable bonds is 2. The number of piperidine rings is 1. The van der Waals surface area contributed by atoms with Crippen molar-refractivity contribution < 1.29 is 19.1 Å². The van der Waals surface area contributed by atoms with Gasteiger partial charge in [-0.3, -0.25) is 4.79 Å². The van der Waals surface area contributed by atoms with Crippen LogP contribution in [0.2, 0.25) is 0 Å². The predicted octanol–water partition coefficient (Wildman–Crippen LogP) is 3.37. The van der Waals surface area contributed by atoms with Crippen LogP contribution in [0.3, 0.4) is 0 Å². The molecule has 0 aromatic rings. The van der Waals surface area contributed by atoms with Gasteiger partial charge in [-0.2, -0.15) is 0 Å². The van der Waals surface area contributed by atoms with E-state index in [1.54, 1.807) is 4.90 Å². The number of ether oxygens (including phenoxy) is 2. The number of likely N-dealkylation sites (tertiary alicyclic amines) is 1. The van der Waals surface area contributed by atoms with E-state index in [-0.39, 0.29) is 24.1 Å². The van der Waals surface area contributed by atoms with E-state index < -0.39 is 0 Å². The largest absolute Gasteiger partial charge is 0.462 e. The van der Waals surface area contributed by atoms with E-state index in [0.29, 0.717) is 13.1 Å². The van der Waals surface area contributed by atoms with Crippen molar-refractivity contribution in [2.75, 3.05) is 20.2 Å². The van der Waals surface area contributed by atoms with E-state index in [1.165, 1.54) is 39.2 Å². The summed E-state index contributed by atoms with van der Waals surface area (Å²) >= 11 is 0. The second-order valence-electron chi connectivity index (χ2n) is 7.43. The molecule has 2 saturated carbocycles. The third kappa shape index (κ3) is 3.99. The van der Waals surface area contributed by atoms with Gasteiger partial charge in [-0.25, -0.2) is 4.79 Å². The van der Waals surface area contributed by atoms with Gasteiger partial charge < -0.3 is 14.4 Å². The van der Waals surface area contributed by atoms with Crippen molar-refractivity contribution >= 4 is 12.1 Å². The molecule has 1 saturated heterocycles. The van der Waals surface area contributed by atoms with Gasteiger partial charge in [0.25, 0.3) is 0 Å². The van der Waals surface area contributed by atoms with Gasteiger partial charge in [0.15, 0.2) is 0 Å². The third-order valence-corrected chi connectivity index (χ3v) is 5.96. The Morgan fingerprint density at radius 1 is 0.957 bits per heavy atom. The van der Waals surface area contributed by atoms with Crippen LogP contribution in [0.15, 0.2) is 0 Å². The molecule has 2 aliphatic carbocycles. The smallest absolute Gasteiger partial charge is 0.409 e. The maximum absolute atomic E-state index is 12.5. The molecule has 4 atom stereocenters. The Bertz CT molecular complexity index is 439. The van der Waals surface area contributed by atoms with Crippen molar-refractivity contribution in [1.82, 2.24) is 4.90 Å². The number of hydrogen-bond donors (Lipinski definition) is 0. The summed E-state index contributed by atoms with van der Waals surface area (Å²) in [5.41, 5.74) is 0. The van der Waals surface area contributed by atoms with Crippen LogP contribution in [0.4, 0.5) is 4.79 Å². The molecule has 0 N–H and O–H groups in total. The first-order chi connectivity index (χ1) is 11.2. The van der Waals surface area contributed by atoms with Crippen LogP contribution < -0.4 is 0 Å². The van der Waals surface area contributed by atoms with Crippen LogP contribution in [0.25, 0.3) is 0 Å². The molecule has 0 bridgehead atoms. The molecule has 23 heavy (non-hydrogen) atoms. The van der Waals surface area contributed by atoms with Crippen LogP contribution >= 0.6 is 0 Å². The lowest BCUT2D eigenvalue weighted by Gasteiger charge is -2.39. The highest BCUT2D eigenvalue weighted by Gasteiger charge is 2.36. The number of fused-ring (bicyclic) bond motifs is 1. The Balaban J connectivity index is 1.49. The number of nitrogens with zero attached hydrogens (tertiary/aromatic N) is 1. The zero-order valence-electron chi connectivity index (χ0n) is 14.2. The normalized spacial score (nSPS) is 34.4. The van der Waals surface area contributed by atoms with Gasteiger partial charge in [0.05, 0.1) is 13.0 Å². The minimum absolute atomic E-state index is 0.0929. The average Bonchev–Trinajstić information content (AvgIpc) is 2.61. The lowest BCUT2D eigenvalue weighted by atomic mass is 9.70. The number of carbonyl (C=O) groups excluding carboxylic acids is 2. The van der Waals surface area contributed by atoms with Gasteiger partial charge in [-0.1, -0.05) is 25.7 Å². The van der Waals surface area contributed by atoms with Gasteiger partial charge in [0, 0.05) is 13.1 Å². The molecule has 1 heterocycles. The fraction of sp³-hybridized carbons (Fsp3) is 0.889. The average molecular weight is 323 g/mol. The highest BCUT2D eigenvalue weighted by atomic mass is 16.5.